The molecule has 2 aliphatic carbocycles. The fourth-order valence-corrected chi connectivity index (χ4v) is 4.46. The number of amides is 1. The van der Waals surface area contributed by atoms with Gasteiger partial charge in [-0.3, -0.25) is 9.78 Å². The van der Waals surface area contributed by atoms with Gasteiger partial charge in [-0.15, -0.1) is 0 Å². The molecule has 1 aromatic carbocycles. The molecule has 3 fully saturated rings. The van der Waals surface area contributed by atoms with Gasteiger partial charge >= 0.3 is 6.18 Å². The van der Waals surface area contributed by atoms with Gasteiger partial charge in [-0.2, -0.15) is 13.2 Å². The summed E-state index contributed by atoms with van der Waals surface area (Å²) in [6.07, 6.45) is 1.59. The van der Waals surface area contributed by atoms with Crippen LogP contribution in [0.2, 0.25) is 0 Å². The van der Waals surface area contributed by atoms with Crippen LogP contribution < -0.4 is 10.2 Å². The molecule has 2 saturated carbocycles. The normalized spacial score (nSPS) is 25.6. The third kappa shape index (κ3) is 3.70. The number of nitrogens with one attached hydrogen (secondary N) is 1. The molecule has 1 N–H and O–H groups in total. The van der Waals surface area contributed by atoms with Crippen LogP contribution in [0.3, 0.4) is 0 Å². The number of hydrogen-bond donors (Lipinski definition) is 1. The molecule has 7 heteroatoms. The number of carbonyl (C=O) groups is 1. The molecule has 4 nitrogen and oxygen atoms in total. The van der Waals surface area contributed by atoms with Gasteiger partial charge in [0.25, 0.3) is 0 Å². The van der Waals surface area contributed by atoms with Crippen molar-refractivity contribution in [1.29, 1.82) is 0 Å². The Bertz CT molecular complexity index is 939. The van der Waals surface area contributed by atoms with Crippen LogP contribution in [0.4, 0.5) is 18.9 Å². The molecule has 29 heavy (non-hydrogen) atoms. The van der Waals surface area contributed by atoms with Crippen molar-refractivity contribution >= 4 is 11.6 Å². The number of benzene rings is 1. The molecule has 152 valence electrons. The van der Waals surface area contributed by atoms with E-state index in [-0.39, 0.29) is 17.4 Å². The zero-order valence-electron chi connectivity index (χ0n) is 15.9. The van der Waals surface area contributed by atoms with Crippen molar-refractivity contribution in [2.75, 3.05) is 18.0 Å². The third-order valence-corrected chi connectivity index (χ3v) is 6.34. The predicted molar refractivity (Wildman–Crippen MR) is 103 cm³/mol. The smallest absolute Gasteiger partial charge is 0.368 e. The quantitative estimate of drug-likeness (QED) is 0.826. The number of rotatable bonds is 5. The van der Waals surface area contributed by atoms with Crippen LogP contribution in [-0.2, 0) is 17.4 Å². The number of halogens is 3. The van der Waals surface area contributed by atoms with Crippen LogP contribution in [0, 0.1) is 5.92 Å². The summed E-state index contributed by atoms with van der Waals surface area (Å²) in [7, 11) is 0. The van der Waals surface area contributed by atoms with Gasteiger partial charge in [-0.1, -0.05) is 24.3 Å². The molecule has 1 amide bonds. The third-order valence-electron chi connectivity index (χ3n) is 6.34. The van der Waals surface area contributed by atoms with E-state index in [1.54, 1.807) is 0 Å². The molecule has 0 spiro atoms. The molecule has 1 aromatic heterocycles. The molecule has 2 heterocycles. The van der Waals surface area contributed by atoms with Crippen molar-refractivity contribution in [3.8, 4) is 0 Å². The van der Waals surface area contributed by atoms with Crippen molar-refractivity contribution in [2.24, 2.45) is 5.92 Å². The van der Waals surface area contributed by atoms with Gasteiger partial charge in [-0.05, 0) is 42.4 Å². The molecule has 3 aliphatic rings. The Balaban J connectivity index is 1.21. The number of pyridine rings is 1. The van der Waals surface area contributed by atoms with Gasteiger partial charge in [0.1, 0.15) is 0 Å². The second-order valence-corrected chi connectivity index (χ2v) is 8.61. The van der Waals surface area contributed by atoms with E-state index in [2.05, 4.69) is 22.4 Å². The largest absolute Gasteiger partial charge is 0.417 e. The maximum Gasteiger partial charge on any atom is 0.417 e. The van der Waals surface area contributed by atoms with Gasteiger partial charge in [0, 0.05) is 25.2 Å². The first-order valence-corrected chi connectivity index (χ1v) is 9.99. The molecule has 0 bridgehead atoms. The minimum atomic E-state index is -4.41. The summed E-state index contributed by atoms with van der Waals surface area (Å²) in [4.78, 5) is 18.2. The van der Waals surface area contributed by atoms with E-state index in [0.717, 1.165) is 24.2 Å². The predicted octanol–water partition coefficient (Wildman–Crippen LogP) is 3.92. The highest BCUT2D eigenvalue weighted by molar-refractivity contribution is 5.80. The number of anilines is 1. The van der Waals surface area contributed by atoms with Crippen molar-refractivity contribution in [3.05, 3.63) is 59.4 Å². The van der Waals surface area contributed by atoms with Crippen LogP contribution in [0.25, 0.3) is 0 Å². The Morgan fingerprint density at radius 1 is 1.21 bits per heavy atom. The van der Waals surface area contributed by atoms with Crippen LogP contribution in [0.15, 0.2) is 42.7 Å². The highest BCUT2D eigenvalue weighted by Crippen LogP contribution is 2.50. The van der Waals surface area contributed by atoms with Gasteiger partial charge in [0.2, 0.25) is 5.91 Å². The first-order chi connectivity index (χ1) is 13.8. The van der Waals surface area contributed by atoms with Crippen molar-refractivity contribution in [1.82, 2.24) is 10.3 Å². The lowest BCUT2D eigenvalue weighted by Crippen LogP contribution is -2.43. The van der Waals surface area contributed by atoms with E-state index in [0.29, 0.717) is 31.1 Å². The molecule has 1 aliphatic heterocycles. The fourth-order valence-electron chi connectivity index (χ4n) is 4.46. The minimum Gasteiger partial charge on any atom is -0.368 e. The maximum absolute atomic E-state index is 13.0. The zero-order chi connectivity index (χ0) is 20.2. The van der Waals surface area contributed by atoms with E-state index in [4.69, 9.17) is 0 Å². The fraction of sp³-hybridized carbons (Fsp3) is 0.455. The Labute approximate surface area is 167 Å². The molecule has 2 aromatic rings. The van der Waals surface area contributed by atoms with Crippen LogP contribution in [0.1, 0.15) is 41.9 Å². The summed E-state index contributed by atoms with van der Waals surface area (Å²) in [5.41, 5.74) is 1.72. The number of aromatic nitrogens is 1. The van der Waals surface area contributed by atoms with Gasteiger partial charge in [-0.25, -0.2) is 0 Å². The Morgan fingerprint density at radius 3 is 2.66 bits per heavy atom. The number of carbonyl (C=O) groups excluding carboxylic acids is 1. The van der Waals surface area contributed by atoms with Crippen LogP contribution >= 0.6 is 0 Å². The van der Waals surface area contributed by atoms with Crippen molar-refractivity contribution < 1.29 is 18.0 Å². The standard InChI is InChI=1S/C22H22F3N3O/c23-22(24,25)17-8-19(11-26-10-17)28-12-18-9-21(18,13-28)27-20(29)7-14-1-3-15(4-2-14)16-5-6-16/h1-4,8,10-11,16,18H,5-7,9,12-13H2,(H,27,29). The second kappa shape index (κ2) is 6.47. The highest BCUT2D eigenvalue weighted by atomic mass is 19.4. The number of hydrogen-bond acceptors (Lipinski definition) is 3. The van der Waals surface area contributed by atoms with E-state index >= 15 is 0 Å². The van der Waals surface area contributed by atoms with Gasteiger partial charge in [0.05, 0.1) is 29.4 Å². The Morgan fingerprint density at radius 2 is 1.97 bits per heavy atom. The van der Waals surface area contributed by atoms with Gasteiger partial charge in [0.15, 0.2) is 0 Å². The zero-order valence-corrected chi connectivity index (χ0v) is 15.9. The molecule has 0 radical (unpaired) electrons. The summed E-state index contributed by atoms with van der Waals surface area (Å²) in [5, 5.41) is 3.15. The average Bonchev–Trinajstić information content (AvgIpc) is 3.60. The first-order valence-electron chi connectivity index (χ1n) is 9.99. The van der Waals surface area contributed by atoms with Crippen LogP contribution in [-0.4, -0.2) is 29.5 Å². The Hall–Kier alpha value is -2.57. The topological polar surface area (TPSA) is 45.2 Å². The monoisotopic (exact) mass is 401 g/mol. The van der Waals surface area contributed by atoms with E-state index in [1.165, 1.54) is 24.6 Å². The second-order valence-electron chi connectivity index (χ2n) is 8.61. The molecule has 5 rings (SSSR count). The maximum atomic E-state index is 13.0. The molecule has 2 unspecified atom stereocenters. The lowest BCUT2D eigenvalue weighted by Gasteiger charge is -2.24. The summed E-state index contributed by atoms with van der Waals surface area (Å²) < 4.78 is 38.9. The summed E-state index contributed by atoms with van der Waals surface area (Å²) >= 11 is 0. The van der Waals surface area contributed by atoms with E-state index in [9.17, 15) is 18.0 Å². The first kappa shape index (κ1) is 18.5. The van der Waals surface area contributed by atoms with Gasteiger partial charge < -0.3 is 10.2 Å². The molecule has 1 saturated heterocycles. The number of piperidine rings is 1. The van der Waals surface area contributed by atoms with Crippen molar-refractivity contribution in [3.63, 3.8) is 0 Å². The number of nitrogens with zero attached hydrogens (tertiary/aromatic N) is 2. The number of alkyl halides is 3. The highest BCUT2D eigenvalue weighted by Gasteiger charge is 2.61. The Kier molecular flexibility index (Phi) is 4.12. The summed E-state index contributed by atoms with van der Waals surface area (Å²) in [6, 6.07) is 9.39. The minimum absolute atomic E-state index is 0.0318. The number of fused-ring (bicyclic) bond motifs is 1. The lowest BCUT2D eigenvalue weighted by molar-refractivity contribution is -0.137. The summed E-state index contributed by atoms with van der Waals surface area (Å²) in [6.45, 7) is 1.16. The van der Waals surface area contributed by atoms with Crippen LogP contribution in [0.5, 0.6) is 0 Å². The average molecular weight is 401 g/mol. The van der Waals surface area contributed by atoms with Crippen molar-refractivity contribution in [2.45, 2.75) is 43.3 Å². The molecular formula is C22H22F3N3O. The molecular weight excluding hydrogens is 379 g/mol. The molecule has 2 atom stereocenters. The lowest BCUT2D eigenvalue weighted by atomic mass is 10.1. The van der Waals surface area contributed by atoms with E-state index in [1.807, 2.05) is 17.0 Å². The summed E-state index contributed by atoms with van der Waals surface area (Å²) in [5.74, 6) is 0.938. The van der Waals surface area contributed by atoms with E-state index < -0.39 is 11.7 Å². The SMILES string of the molecule is O=C(Cc1ccc(C2CC2)cc1)NC12CC1CN(c1cncc(C(F)(F)F)c1)C2.